The highest BCUT2D eigenvalue weighted by atomic mass is 16.6. The smallest absolute Gasteiger partial charge is 0.344 e. The van der Waals surface area contributed by atoms with Crippen LogP contribution in [-0.4, -0.2) is 22.0 Å². The van der Waals surface area contributed by atoms with Crippen molar-refractivity contribution in [2.45, 2.75) is 0 Å². The van der Waals surface area contributed by atoms with E-state index in [2.05, 4.69) is 10.5 Å². The number of ether oxygens (including phenoxy) is 1. The molecule has 0 aromatic heterocycles. The van der Waals surface area contributed by atoms with Gasteiger partial charge in [0, 0.05) is 12.1 Å². The maximum atomic E-state index is 12.3. The molecule has 0 amide bonds. The topological polar surface area (TPSA) is 137 Å². The van der Waals surface area contributed by atoms with Crippen molar-refractivity contribution in [3.63, 3.8) is 0 Å². The monoisotopic (exact) mass is 406 g/mol. The second-order valence-electron chi connectivity index (χ2n) is 5.95. The summed E-state index contributed by atoms with van der Waals surface area (Å²) in [6.45, 7) is 0. The molecule has 10 heteroatoms. The van der Waals surface area contributed by atoms with E-state index in [0.29, 0.717) is 0 Å². The molecular weight excluding hydrogens is 392 g/mol. The Morgan fingerprint density at radius 3 is 2.07 bits per heavy atom. The molecule has 1 N–H and O–H groups in total. The van der Waals surface area contributed by atoms with Crippen LogP contribution in [0.25, 0.3) is 0 Å². The maximum Gasteiger partial charge on any atom is 0.344 e. The molecule has 0 atom stereocenters. The minimum Gasteiger partial charge on any atom is -0.423 e. The Morgan fingerprint density at radius 1 is 0.900 bits per heavy atom. The zero-order valence-corrected chi connectivity index (χ0v) is 15.3. The normalized spacial score (nSPS) is 10.5. The summed E-state index contributed by atoms with van der Waals surface area (Å²) in [4.78, 5) is 32.5. The van der Waals surface area contributed by atoms with Gasteiger partial charge in [-0.2, -0.15) is 5.10 Å². The van der Waals surface area contributed by atoms with Crippen molar-refractivity contribution in [3.8, 4) is 5.75 Å². The zero-order chi connectivity index (χ0) is 21.5. The third-order valence-electron chi connectivity index (χ3n) is 3.83. The summed E-state index contributed by atoms with van der Waals surface area (Å²) in [6, 6.07) is 18.3. The molecule has 0 saturated carbocycles. The van der Waals surface area contributed by atoms with Crippen molar-refractivity contribution in [1.82, 2.24) is 0 Å². The van der Waals surface area contributed by atoms with E-state index in [-0.39, 0.29) is 11.3 Å². The highest BCUT2D eigenvalue weighted by Gasteiger charge is 2.21. The fourth-order valence-electron chi connectivity index (χ4n) is 2.41. The molecule has 0 aliphatic heterocycles. The summed E-state index contributed by atoms with van der Waals surface area (Å²) in [6.07, 6.45) is 1.57. The van der Waals surface area contributed by atoms with Gasteiger partial charge >= 0.3 is 5.97 Å². The Morgan fingerprint density at radius 2 is 1.50 bits per heavy atom. The number of rotatable bonds is 7. The number of nitro groups is 2. The van der Waals surface area contributed by atoms with Crippen LogP contribution in [0.5, 0.6) is 5.75 Å². The molecule has 3 aromatic carbocycles. The molecule has 150 valence electrons. The summed E-state index contributed by atoms with van der Waals surface area (Å²) in [5.41, 5.74) is 2.97. The van der Waals surface area contributed by atoms with Gasteiger partial charge in [0.1, 0.15) is 5.75 Å². The van der Waals surface area contributed by atoms with Crippen molar-refractivity contribution in [2.75, 3.05) is 5.43 Å². The number of hydrogen-bond acceptors (Lipinski definition) is 8. The van der Waals surface area contributed by atoms with E-state index in [1.54, 1.807) is 18.3 Å². The number of hydrogen-bond donors (Lipinski definition) is 1. The summed E-state index contributed by atoms with van der Waals surface area (Å²) in [7, 11) is 0. The molecule has 0 radical (unpaired) electrons. The predicted octanol–water partition coefficient (Wildman–Crippen LogP) is 4.17. The SMILES string of the molecule is O=C(Oc1ccc(/C=N/Nc2ccccc2)cc1)c1cc([N+](=O)[O-])cc([N+](=O)[O-])c1. The Hall–Kier alpha value is -4.60. The first-order valence-electron chi connectivity index (χ1n) is 8.52. The van der Waals surface area contributed by atoms with E-state index in [4.69, 9.17) is 4.74 Å². The van der Waals surface area contributed by atoms with Gasteiger partial charge in [0.15, 0.2) is 0 Å². The number of non-ortho nitro benzene ring substituents is 2. The Kier molecular flexibility index (Phi) is 6.08. The third-order valence-corrected chi connectivity index (χ3v) is 3.83. The number of carbonyl (C=O) groups is 1. The van der Waals surface area contributed by atoms with Crippen LogP contribution in [-0.2, 0) is 0 Å². The van der Waals surface area contributed by atoms with Crippen molar-refractivity contribution in [1.29, 1.82) is 0 Å². The molecule has 10 nitrogen and oxygen atoms in total. The predicted molar refractivity (Wildman–Crippen MR) is 109 cm³/mol. The average molecular weight is 406 g/mol. The number of anilines is 1. The van der Waals surface area contributed by atoms with Gasteiger partial charge in [-0.05, 0) is 42.0 Å². The first-order chi connectivity index (χ1) is 14.4. The number of para-hydroxylation sites is 1. The van der Waals surface area contributed by atoms with Crippen LogP contribution in [0.4, 0.5) is 17.1 Å². The van der Waals surface area contributed by atoms with Crippen molar-refractivity contribution < 1.29 is 19.4 Å². The average Bonchev–Trinajstić information content (AvgIpc) is 2.75. The molecular formula is C20H14N4O6. The molecule has 3 rings (SSSR count). The number of carbonyl (C=O) groups excluding carboxylic acids is 1. The van der Waals surface area contributed by atoms with E-state index in [1.165, 1.54) is 12.1 Å². The first-order valence-corrected chi connectivity index (χ1v) is 8.52. The van der Waals surface area contributed by atoms with Crippen molar-refractivity contribution >= 4 is 29.2 Å². The van der Waals surface area contributed by atoms with Gasteiger partial charge in [-0.1, -0.05) is 18.2 Å². The minimum absolute atomic E-state index is 0.169. The molecule has 30 heavy (non-hydrogen) atoms. The number of nitro benzene ring substituents is 2. The molecule has 0 heterocycles. The van der Waals surface area contributed by atoms with Crippen molar-refractivity contribution in [3.05, 3.63) is 104 Å². The lowest BCUT2D eigenvalue weighted by molar-refractivity contribution is -0.394. The Bertz CT molecular complexity index is 1080. The molecule has 3 aromatic rings. The number of esters is 1. The van der Waals surface area contributed by atoms with E-state index < -0.39 is 27.2 Å². The molecule has 0 fully saturated rings. The minimum atomic E-state index is -0.950. The molecule has 0 bridgehead atoms. The lowest BCUT2D eigenvalue weighted by Gasteiger charge is -2.05. The van der Waals surface area contributed by atoms with Gasteiger partial charge in [-0.3, -0.25) is 25.7 Å². The number of benzene rings is 3. The lowest BCUT2D eigenvalue weighted by Crippen LogP contribution is -2.09. The van der Waals surface area contributed by atoms with Crippen LogP contribution in [0.15, 0.2) is 77.9 Å². The van der Waals surface area contributed by atoms with Gasteiger partial charge in [0.2, 0.25) is 0 Å². The Balaban J connectivity index is 1.68. The molecule has 0 saturated heterocycles. The molecule has 0 aliphatic carbocycles. The van der Waals surface area contributed by atoms with Crippen LogP contribution in [0.3, 0.4) is 0 Å². The van der Waals surface area contributed by atoms with Crippen LogP contribution in [0.1, 0.15) is 15.9 Å². The number of nitrogens with one attached hydrogen (secondary N) is 1. The number of hydrazone groups is 1. The summed E-state index contributed by atoms with van der Waals surface area (Å²) >= 11 is 0. The second-order valence-corrected chi connectivity index (χ2v) is 5.95. The summed E-state index contributed by atoms with van der Waals surface area (Å²) in [5.74, 6) is -0.781. The van der Waals surface area contributed by atoms with E-state index >= 15 is 0 Å². The fourth-order valence-corrected chi connectivity index (χ4v) is 2.41. The largest absolute Gasteiger partial charge is 0.423 e. The van der Waals surface area contributed by atoms with E-state index in [0.717, 1.165) is 29.4 Å². The highest BCUT2D eigenvalue weighted by Crippen LogP contribution is 2.24. The van der Waals surface area contributed by atoms with Gasteiger partial charge in [-0.25, -0.2) is 4.79 Å². The first kappa shape index (κ1) is 20.1. The Labute approximate surface area is 169 Å². The summed E-state index contributed by atoms with van der Waals surface area (Å²) in [5, 5.41) is 26.0. The number of nitrogens with zero attached hydrogens (tertiary/aromatic N) is 3. The summed E-state index contributed by atoms with van der Waals surface area (Å²) < 4.78 is 5.15. The quantitative estimate of drug-likeness (QED) is 0.204. The zero-order valence-electron chi connectivity index (χ0n) is 15.3. The highest BCUT2D eigenvalue weighted by molar-refractivity contribution is 5.92. The van der Waals surface area contributed by atoms with Gasteiger partial charge in [0.25, 0.3) is 11.4 Å². The van der Waals surface area contributed by atoms with Crippen LogP contribution < -0.4 is 10.2 Å². The van der Waals surface area contributed by atoms with E-state index in [1.807, 2.05) is 30.3 Å². The fraction of sp³-hybridized carbons (Fsp3) is 0. The third kappa shape index (κ3) is 5.23. The molecule has 0 unspecified atom stereocenters. The van der Waals surface area contributed by atoms with Gasteiger partial charge < -0.3 is 4.74 Å². The lowest BCUT2D eigenvalue weighted by atomic mass is 10.1. The van der Waals surface area contributed by atoms with Crippen LogP contribution in [0, 0.1) is 20.2 Å². The van der Waals surface area contributed by atoms with Crippen LogP contribution >= 0.6 is 0 Å². The van der Waals surface area contributed by atoms with Gasteiger partial charge in [-0.15, -0.1) is 0 Å². The van der Waals surface area contributed by atoms with E-state index in [9.17, 15) is 25.0 Å². The van der Waals surface area contributed by atoms with Crippen molar-refractivity contribution in [2.24, 2.45) is 5.10 Å². The standard InChI is InChI=1S/C20H14N4O6/c25-20(15-10-17(23(26)27)12-18(11-15)24(28)29)30-19-8-6-14(7-9-19)13-21-22-16-4-2-1-3-5-16/h1-13,22H/b21-13+. The van der Waals surface area contributed by atoms with Crippen LogP contribution in [0.2, 0.25) is 0 Å². The maximum absolute atomic E-state index is 12.3. The second kappa shape index (κ2) is 9.06. The molecule has 0 spiro atoms. The molecule has 0 aliphatic rings. The van der Waals surface area contributed by atoms with Gasteiger partial charge in [0.05, 0.1) is 33.4 Å².